The van der Waals surface area contributed by atoms with Gasteiger partial charge in [-0.2, -0.15) is 0 Å². The van der Waals surface area contributed by atoms with E-state index in [1.54, 1.807) is 0 Å². The van der Waals surface area contributed by atoms with Crippen LogP contribution in [-0.4, -0.2) is 20.1 Å². The first kappa shape index (κ1) is 10.8. The fourth-order valence-corrected chi connectivity index (χ4v) is 1.78. The molecule has 72 valence electrons. The van der Waals surface area contributed by atoms with Gasteiger partial charge >= 0.3 is 0 Å². The molecule has 0 saturated carbocycles. The molecule has 0 aliphatic carbocycles. The lowest BCUT2D eigenvalue weighted by molar-refractivity contribution is 0.747. The van der Waals surface area contributed by atoms with E-state index >= 15 is 0 Å². The summed E-state index contributed by atoms with van der Waals surface area (Å²) < 4.78 is 1.68. The molecular weight excluding hydrogens is 200 g/mol. The van der Waals surface area contributed by atoms with E-state index < -0.39 is 0 Å². The first-order valence-electron chi connectivity index (χ1n) is 4.37. The van der Waals surface area contributed by atoms with Crippen molar-refractivity contribution in [3.63, 3.8) is 0 Å². The van der Waals surface area contributed by atoms with Crippen LogP contribution in [0.4, 0.5) is 5.69 Å². The monoisotopic (exact) mass is 214 g/mol. The molecule has 0 radical (unpaired) electrons. The molecule has 1 aromatic carbocycles. The van der Waals surface area contributed by atoms with Crippen LogP contribution in [0, 0.1) is 15.9 Å². The quantitative estimate of drug-likeness (QED) is 0.580. The Bertz CT molecular complexity index is 350. The zero-order valence-corrected chi connectivity index (χ0v) is 9.57. The largest absolute Gasteiger partial charge is 0.384 e. The van der Waals surface area contributed by atoms with Crippen LogP contribution in [0.15, 0.2) is 0 Å². The summed E-state index contributed by atoms with van der Waals surface area (Å²) >= 11 is 10.2. The molecule has 2 N–H and O–H groups in total. The van der Waals surface area contributed by atoms with E-state index in [4.69, 9.17) is 24.4 Å². The summed E-state index contributed by atoms with van der Waals surface area (Å²) in [6.07, 6.45) is 1.10. The molecule has 0 atom stereocenters. The zero-order chi connectivity index (χ0) is 9.84. The summed E-state index contributed by atoms with van der Waals surface area (Å²) in [6.45, 7) is 3.99. The van der Waals surface area contributed by atoms with Crippen molar-refractivity contribution >= 4 is 30.1 Å². The number of anilines is 1. The van der Waals surface area contributed by atoms with Gasteiger partial charge in [-0.05, 0) is 32.5 Å². The van der Waals surface area contributed by atoms with Crippen molar-refractivity contribution in [3.05, 3.63) is 14.6 Å². The third kappa shape index (κ3) is 2.33. The van der Waals surface area contributed by atoms with Crippen molar-refractivity contribution in [2.75, 3.05) is 25.5 Å². The minimum absolute atomic E-state index is 0.831. The summed E-state index contributed by atoms with van der Waals surface area (Å²) in [5, 5.41) is 6.39. The molecular formula is C9H14N2S2. The van der Waals surface area contributed by atoms with Crippen molar-refractivity contribution < 1.29 is 0 Å². The minimum Gasteiger partial charge on any atom is -0.384 e. The molecule has 0 unspecified atom stereocenters. The second-order valence-corrected chi connectivity index (χ2v) is 3.86. The van der Waals surface area contributed by atoms with E-state index in [1.165, 1.54) is 0 Å². The van der Waals surface area contributed by atoms with Gasteiger partial charge in [-0.15, -0.1) is 0 Å². The summed E-state index contributed by atoms with van der Waals surface area (Å²) in [4.78, 5) is 0. The second kappa shape index (κ2) is 4.79. The van der Waals surface area contributed by atoms with Crippen molar-refractivity contribution in [2.45, 2.75) is 13.3 Å². The van der Waals surface area contributed by atoms with Gasteiger partial charge in [0, 0.05) is 6.54 Å². The molecule has 0 aromatic heterocycles. The Morgan fingerprint density at radius 3 is 2.38 bits per heavy atom. The molecule has 0 bridgehead atoms. The number of hydrogen-bond acceptors (Lipinski definition) is 4. The molecule has 0 spiro atoms. The predicted molar refractivity (Wildman–Crippen MR) is 62.3 cm³/mol. The summed E-state index contributed by atoms with van der Waals surface area (Å²) in [5.74, 6) is 0. The standard InChI is InChI=1S/C9H14N2S2/c1-6-7(9(13)8(6)12)11-5-3-4-10-2/h10-11H,3-5H2,1-2H3. The molecule has 0 aliphatic heterocycles. The second-order valence-electron chi connectivity index (χ2n) is 3.04. The van der Waals surface area contributed by atoms with Crippen LogP contribution in [0.25, 0.3) is 0 Å². The predicted octanol–water partition coefficient (Wildman–Crippen LogP) is 2.35. The number of hydrogen-bond donors (Lipinski definition) is 2. The molecule has 1 aromatic rings. The van der Waals surface area contributed by atoms with Crippen molar-refractivity contribution in [1.82, 2.24) is 5.32 Å². The van der Waals surface area contributed by atoms with Crippen LogP contribution in [0.2, 0.25) is 0 Å². The molecule has 0 fully saturated rings. The summed E-state index contributed by atoms with van der Waals surface area (Å²) in [6, 6.07) is 0. The van der Waals surface area contributed by atoms with Gasteiger partial charge in [0.2, 0.25) is 0 Å². The average molecular weight is 214 g/mol. The highest BCUT2D eigenvalue weighted by atomic mass is 32.1. The number of nitrogens with one attached hydrogen (secondary N) is 2. The van der Waals surface area contributed by atoms with Gasteiger partial charge in [0.1, 0.15) is 0 Å². The van der Waals surface area contributed by atoms with Gasteiger partial charge < -0.3 is 10.6 Å². The average Bonchev–Trinajstić information content (AvgIpc) is 2.16. The summed E-state index contributed by atoms with van der Waals surface area (Å²) in [7, 11) is 1.95. The molecule has 0 heterocycles. The highest BCUT2D eigenvalue weighted by molar-refractivity contribution is 7.74. The van der Waals surface area contributed by atoms with Crippen LogP contribution >= 0.6 is 24.4 Å². The third-order valence-corrected chi connectivity index (χ3v) is 3.10. The SMILES string of the molecule is CNCCCNc1c(C)c(=S)c1=S. The van der Waals surface area contributed by atoms with E-state index in [0.29, 0.717) is 0 Å². The molecule has 2 nitrogen and oxygen atoms in total. The van der Waals surface area contributed by atoms with Gasteiger partial charge in [-0.3, -0.25) is 0 Å². The highest BCUT2D eigenvalue weighted by Crippen LogP contribution is 2.24. The van der Waals surface area contributed by atoms with Crippen LogP contribution in [-0.2, 0) is 0 Å². The third-order valence-electron chi connectivity index (χ3n) is 2.05. The first-order chi connectivity index (χ1) is 6.18. The van der Waals surface area contributed by atoms with Gasteiger partial charge in [-0.1, -0.05) is 24.4 Å². The van der Waals surface area contributed by atoms with E-state index in [0.717, 1.165) is 39.8 Å². The van der Waals surface area contributed by atoms with Gasteiger partial charge in [0.25, 0.3) is 0 Å². The smallest absolute Gasteiger partial charge is 0.0795 e. The number of rotatable bonds is 5. The Hall–Kier alpha value is -0.320. The van der Waals surface area contributed by atoms with E-state index in [9.17, 15) is 0 Å². The Kier molecular flexibility index (Phi) is 3.96. The summed E-state index contributed by atoms with van der Waals surface area (Å²) in [5.41, 5.74) is 2.22. The molecule has 0 saturated heterocycles. The fourth-order valence-electron chi connectivity index (χ4n) is 1.20. The van der Waals surface area contributed by atoms with Crippen molar-refractivity contribution in [2.24, 2.45) is 0 Å². The van der Waals surface area contributed by atoms with Gasteiger partial charge in [0.05, 0.1) is 14.7 Å². The molecule has 4 heteroatoms. The zero-order valence-electron chi connectivity index (χ0n) is 7.94. The normalized spacial score (nSPS) is 10.6. The molecule has 0 aliphatic rings. The Morgan fingerprint density at radius 2 is 1.85 bits per heavy atom. The molecule has 13 heavy (non-hydrogen) atoms. The molecule has 1 rings (SSSR count). The maximum absolute atomic E-state index is 5.11. The van der Waals surface area contributed by atoms with Crippen LogP contribution < -0.4 is 10.6 Å². The van der Waals surface area contributed by atoms with Crippen LogP contribution in [0.3, 0.4) is 0 Å². The van der Waals surface area contributed by atoms with Crippen LogP contribution in [0.5, 0.6) is 0 Å². The lowest BCUT2D eigenvalue weighted by Crippen LogP contribution is -2.14. The van der Waals surface area contributed by atoms with Crippen molar-refractivity contribution in [3.8, 4) is 0 Å². The first-order valence-corrected chi connectivity index (χ1v) is 5.18. The lowest BCUT2D eigenvalue weighted by atomic mass is 10.1. The topological polar surface area (TPSA) is 24.1 Å². The Balaban J connectivity index is 2.39. The van der Waals surface area contributed by atoms with Crippen LogP contribution in [0.1, 0.15) is 12.0 Å². The van der Waals surface area contributed by atoms with E-state index in [1.807, 2.05) is 14.0 Å². The lowest BCUT2D eigenvalue weighted by Gasteiger charge is -2.12. The minimum atomic E-state index is 0.831. The Labute approximate surface area is 89.1 Å². The Morgan fingerprint density at radius 1 is 1.15 bits per heavy atom. The van der Waals surface area contributed by atoms with E-state index in [2.05, 4.69) is 10.6 Å². The maximum atomic E-state index is 5.11. The van der Waals surface area contributed by atoms with E-state index in [-0.39, 0.29) is 0 Å². The maximum Gasteiger partial charge on any atom is 0.0795 e. The van der Waals surface area contributed by atoms with Crippen molar-refractivity contribution in [1.29, 1.82) is 0 Å². The van der Waals surface area contributed by atoms with Gasteiger partial charge in [0.15, 0.2) is 0 Å². The van der Waals surface area contributed by atoms with Gasteiger partial charge in [-0.25, -0.2) is 0 Å². The highest BCUT2D eigenvalue weighted by Gasteiger charge is 2.08. The molecule has 0 amide bonds. The fraction of sp³-hybridized carbons (Fsp3) is 0.556.